The number of rotatable bonds is 8. The summed E-state index contributed by atoms with van der Waals surface area (Å²) in [5.74, 6) is 1.00. The van der Waals surface area contributed by atoms with E-state index in [-0.39, 0.29) is 29.7 Å². The van der Waals surface area contributed by atoms with Gasteiger partial charge in [0.1, 0.15) is 5.75 Å². The first-order chi connectivity index (χ1) is 12.2. The van der Waals surface area contributed by atoms with Crippen molar-refractivity contribution in [3.8, 4) is 11.5 Å². The van der Waals surface area contributed by atoms with Gasteiger partial charge in [-0.2, -0.15) is 0 Å². The van der Waals surface area contributed by atoms with E-state index in [0.29, 0.717) is 12.3 Å². The summed E-state index contributed by atoms with van der Waals surface area (Å²) in [6, 6.07) is 8.35. The van der Waals surface area contributed by atoms with Crippen LogP contribution in [0.5, 0.6) is 11.5 Å². The number of aromatic nitrogens is 1. The quantitative estimate of drug-likeness (QED) is 0.257. The fourth-order valence-electron chi connectivity index (χ4n) is 2.16. The van der Waals surface area contributed by atoms with Crippen LogP contribution in [0.1, 0.15) is 32.3 Å². The van der Waals surface area contributed by atoms with Gasteiger partial charge in [0.25, 0.3) is 0 Å². The lowest BCUT2D eigenvalue weighted by molar-refractivity contribution is 0.440. The summed E-state index contributed by atoms with van der Waals surface area (Å²) in [5, 5.41) is 6.45. The van der Waals surface area contributed by atoms with Crippen molar-refractivity contribution in [1.82, 2.24) is 15.6 Å². The number of hydrogen-bond donors (Lipinski definition) is 2. The summed E-state index contributed by atoms with van der Waals surface area (Å²) in [5.41, 5.74) is 0.781. The van der Waals surface area contributed by atoms with Gasteiger partial charge in [-0.1, -0.05) is 19.4 Å². The van der Waals surface area contributed by atoms with Crippen LogP contribution >= 0.6 is 24.0 Å². The van der Waals surface area contributed by atoms with Crippen LogP contribution in [0.25, 0.3) is 0 Å². The van der Waals surface area contributed by atoms with Crippen LogP contribution in [0, 0.1) is 5.82 Å². The molecule has 2 N–H and O–H groups in total. The standard InChI is InChI=1S/C19H25FN4O.HI/c1-3-5-11-23-19(22-4-2)24-13-15-8-9-18(17(20)12-15)25-16-7-6-10-21-14-16;/h6-10,12,14H,3-5,11,13H2,1-2H3,(H2,22,23,24);1H. The molecule has 5 nitrogen and oxygen atoms in total. The Morgan fingerprint density at radius 2 is 2.08 bits per heavy atom. The molecule has 0 aliphatic carbocycles. The van der Waals surface area contributed by atoms with Gasteiger partial charge in [-0.25, -0.2) is 9.38 Å². The Bertz CT molecular complexity index is 682. The fraction of sp³-hybridized carbons (Fsp3) is 0.368. The minimum Gasteiger partial charge on any atom is -0.453 e. The van der Waals surface area contributed by atoms with Gasteiger partial charge >= 0.3 is 0 Å². The van der Waals surface area contributed by atoms with E-state index in [9.17, 15) is 4.39 Å². The SMILES string of the molecule is CCCCNC(=NCc1ccc(Oc2cccnc2)c(F)c1)NCC.I. The summed E-state index contributed by atoms with van der Waals surface area (Å²) >= 11 is 0. The van der Waals surface area contributed by atoms with Crippen LogP contribution in [0.3, 0.4) is 0 Å². The van der Waals surface area contributed by atoms with Crippen molar-refractivity contribution in [3.63, 3.8) is 0 Å². The number of benzene rings is 1. The second-order valence-electron chi connectivity index (χ2n) is 5.53. The molecule has 0 saturated heterocycles. The van der Waals surface area contributed by atoms with Gasteiger partial charge in [0.15, 0.2) is 17.5 Å². The Morgan fingerprint density at radius 1 is 1.23 bits per heavy atom. The lowest BCUT2D eigenvalue weighted by atomic mass is 10.2. The molecule has 0 saturated carbocycles. The average Bonchev–Trinajstić information content (AvgIpc) is 2.63. The maximum Gasteiger partial charge on any atom is 0.191 e. The largest absolute Gasteiger partial charge is 0.453 e. The van der Waals surface area contributed by atoms with Gasteiger partial charge < -0.3 is 15.4 Å². The van der Waals surface area contributed by atoms with Crippen LogP contribution in [-0.4, -0.2) is 24.0 Å². The summed E-state index contributed by atoms with van der Waals surface area (Å²) in [7, 11) is 0. The average molecular weight is 472 g/mol. The van der Waals surface area contributed by atoms with E-state index >= 15 is 0 Å². The molecule has 0 amide bonds. The molecule has 1 aromatic carbocycles. The topological polar surface area (TPSA) is 58.5 Å². The highest BCUT2D eigenvalue weighted by molar-refractivity contribution is 14.0. The molecule has 0 fully saturated rings. The fourth-order valence-corrected chi connectivity index (χ4v) is 2.16. The minimum atomic E-state index is -0.416. The van der Waals surface area contributed by atoms with Crippen molar-refractivity contribution >= 4 is 29.9 Å². The van der Waals surface area contributed by atoms with Gasteiger partial charge in [-0.3, -0.25) is 4.98 Å². The Kier molecular flexibility index (Phi) is 10.6. The highest BCUT2D eigenvalue weighted by Gasteiger charge is 2.06. The van der Waals surface area contributed by atoms with E-state index < -0.39 is 5.82 Å². The molecule has 142 valence electrons. The Morgan fingerprint density at radius 3 is 2.73 bits per heavy atom. The van der Waals surface area contributed by atoms with Crippen LogP contribution < -0.4 is 15.4 Å². The first-order valence-corrected chi connectivity index (χ1v) is 8.61. The van der Waals surface area contributed by atoms with Crippen molar-refractivity contribution in [2.75, 3.05) is 13.1 Å². The highest BCUT2D eigenvalue weighted by Crippen LogP contribution is 2.24. The third-order valence-electron chi connectivity index (χ3n) is 3.45. The predicted molar refractivity (Wildman–Crippen MR) is 114 cm³/mol. The first kappa shape index (κ1) is 22.1. The van der Waals surface area contributed by atoms with E-state index in [1.165, 1.54) is 6.07 Å². The van der Waals surface area contributed by atoms with Crippen molar-refractivity contribution in [1.29, 1.82) is 0 Å². The number of guanidine groups is 1. The molecule has 1 aromatic heterocycles. The first-order valence-electron chi connectivity index (χ1n) is 8.61. The normalized spacial score (nSPS) is 10.8. The number of unbranched alkanes of at least 4 members (excludes halogenated alkanes) is 1. The number of pyridine rings is 1. The van der Waals surface area contributed by atoms with Crippen LogP contribution in [0.2, 0.25) is 0 Å². The van der Waals surface area contributed by atoms with Crippen LogP contribution in [-0.2, 0) is 6.54 Å². The monoisotopic (exact) mass is 472 g/mol. The summed E-state index contributed by atoms with van der Waals surface area (Å²) in [6.07, 6.45) is 5.39. The molecule has 0 spiro atoms. The van der Waals surface area contributed by atoms with Gasteiger partial charge in [0, 0.05) is 19.3 Å². The summed E-state index contributed by atoms with van der Waals surface area (Å²) in [4.78, 5) is 8.43. The number of aliphatic imine (C=N–C) groups is 1. The number of nitrogens with zero attached hydrogens (tertiary/aromatic N) is 2. The molecule has 1 heterocycles. The molecule has 0 atom stereocenters. The zero-order valence-corrected chi connectivity index (χ0v) is 17.5. The highest BCUT2D eigenvalue weighted by atomic mass is 127. The van der Waals surface area contributed by atoms with E-state index in [0.717, 1.165) is 37.5 Å². The maximum absolute atomic E-state index is 14.2. The van der Waals surface area contributed by atoms with E-state index in [1.807, 2.05) is 13.0 Å². The smallest absolute Gasteiger partial charge is 0.191 e. The molecule has 2 aromatic rings. The number of nitrogens with one attached hydrogen (secondary N) is 2. The maximum atomic E-state index is 14.2. The molecular weight excluding hydrogens is 446 g/mol. The third kappa shape index (κ3) is 7.55. The lowest BCUT2D eigenvalue weighted by Crippen LogP contribution is -2.37. The molecule has 0 bridgehead atoms. The molecule has 0 radical (unpaired) electrons. The molecule has 26 heavy (non-hydrogen) atoms. The van der Waals surface area contributed by atoms with Crippen molar-refractivity contribution < 1.29 is 9.13 Å². The van der Waals surface area contributed by atoms with Gasteiger partial charge in [0.2, 0.25) is 0 Å². The van der Waals surface area contributed by atoms with E-state index in [4.69, 9.17) is 4.74 Å². The molecule has 0 unspecified atom stereocenters. The van der Waals surface area contributed by atoms with Gasteiger partial charge in [0.05, 0.1) is 12.7 Å². The van der Waals surface area contributed by atoms with Gasteiger partial charge in [-0.15, -0.1) is 24.0 Å². The van der Waals surface area contributed by atoms with Crippen LogP contribution in [0.4, 0.5) is 4.39 Å². The molecule has 2 rings (SSSR count). The van der Waals surface area contributed by atoms with Crippen molar-refractivity contribution in [3.05, 3.63) is 54.1 Å². The van der Waals surface area contributed by atoms with Crippen LogP contribution in [0.15, 0.2) is 47.7 Å². The van der Waals surface area contributed by atoms with Gasteiger partial charge in [-0.05, 0) is 43.2 Å². The number of halogens is 2. The van der Waals surface area contributed by atoms with Crippen molar-refractivity contribution in [2.45, 2.75) is 33.2 Å². The second kappa shape index (κ2) is 12.5. The molecule has 7 heteroatoms. The summed E-state index contributed by atoms with van der Waals surface area (Å²) in [6.45, 7) is 6.20. The molecular formula is C19H26FIN4O. The second-order valence-corrected chi connectivity index (χ2v) is 5.53. The summed E-state index contributed by atoms with van der Waals surface area (Å²) < 4.78 is 19.7. The molecule has 0 aliphatic heterocycles. The van der Waals surface area contributed by atoms with E-state index in [2.05, 4.69) is 27.5 Å². The number of ether oxygens (including phenoxy) is 1. The number of hydrogen-bond acceptors (Lipinski definition) is 3. The minimum absolute atomic E-state index is 0. The van der Waals surface area contributed by atoms with Crippen molar-refractivity contribution in [2.24, 2.45) is 4.99 Å². The van der Waals surface area contributed by atoms with E-state index in [1.54, 1.807) is 30.6 Å². The zero-order valence-electron chi connectivity index (χ0n) is 15.2. The predicted octanol–water partition coefficient (Wildman–Crippen LogP) is 4.49. The Balaban J connectivity index is 0.00000338. The third-order valence-corrected chi connectivity index (χ3v) is 3.45. The Hall–Kier alpha value is -1.90. The Labute approximate surface area is 171 Å². The molecule has 0 aliphatic rings. The lowest BCUT2D eigenvalue weighted by Gasteiger charge is -2.11. The zero-order chi connectivity index (χ0) is 17.9.